The number of carbonyl (C=O) groups excluding carboxylic acids is 1. The second-order valence-electron chi connectivity index (χ2n) is 6.06. The molecule has 9 nitrogen and oxygen atoms in total. The Hall–Kier alpha value is -3.36. The molecular formula is C20H25N3O6. The van der Waals surface area contributed by atoms with Gasteiger partial charge in [0, 0.05) is 12.6 Å². The number of aromatic nitrogens is 1. The fourth-order valence-electron chi connectivity index (χ4n) is 2.39. The smallest absolute Gasteiger partial charge is 0.344 e. The summed E-state index contributed by atoms with van der Waals surface area (Å²) in [5, 5.41) is 13.7. The number of hydrogen-bond donors (Lipinski definition) is 1. The molecule has 1 N–H and O–H groups in total. The second-order valence-corrected chi connectivity index (χ2v) is 6.06. The van der Waals surface area contributed by atoms with Crippen molar-refractivity contribution in [2.24, 2.45) is 0 Å². The minimum Gasteiger partial charge on any atom is -0.494 e. The van der Waals surface area contributed by atoms with Gasteiger partial charge in [0.2, 0.25) is 0 Å². The van der Waals surface area contributed by atoms with Gasteiger partial charge in [0.05, 0.1) is 18.1 Å². The number of nitrogens with zero attached hydrogens (tertiary/aromatic N) is 2. The molecule has 0 atom stereocenters. The molecule has 1 aromatic heterocycles. The fraction of sp³-hybridized carbons (Fsp3) is 0.400. The zero-order valence-corrected chi connectivity index (χ0v) is 16.3. The van der Waals surface area contributed by atoms with Gasteiger partial charge in [-0.25, -0.2) is 9.78 Å². The molecule has 0 saturated heterocycles. The molecule has 156 valence electrons. The minimum atomic E-state index is -0.485. The highest BCUT2D eigenvalue weighted by Crippen LogP contribution is 2.17. The number of esters is 1. The van der Waals surface area contributed by atoms with Gasteiger partial charge in [-0.3, -0.25) is 10.1 Å². The van der Waals surface area contributed by atoms with Crippen LogP contribution >= 0.6 is 0 Å². The summed E-state index contributed by atoms with van der Waals surface area (Å²) in [6.45, 7) is 3.38. The van der Waals surface area contributed by atoms with E-state index < -0.39 is 10.9 Å². The van der Waals surface area contributed by atoms with Crippen LogP contribution in [-0.2, 0) is 9.53 Å². The normalized spacial score (nSPS) is 10.2. The van der Waals surface area contributed by atoms with Crippen LogP contribution in [-0.4, -0.2) is 42.2 Å². The maximum atomic E-state index is 11.7. The number of ether oxygens (including phenoxy) is 3. The Morgan fingerprint density at radius 3 is 2.41 bits per heavy atom. The molecule has 0 bridgehead atoms. The van der Waals surface area contributed by atoms with Crippen LogP contribution in [0.2, 0.25) is 0 Å². The number of carbonyl (C=O) groups is 1. The van der Waals surface area contributed by atoms with Gasteiger partial charge in [-0.2, -0.15) is 0 Å². The largest absolute Gasteiger partial charge is 0.494 e. The van der Waals surface area contributed by atoms with Crippen molar-refractivity contribution in [2.45, 2.75) is 26.2 Å². The average Bonchev–Trinajstić information content (AvgIpc) is 2.73. The number of hydrogen-bond acceptors (Lipinski definition) is 8. The molecule has 0 unspecified atom stereocenters. The summed E-state index contributed by atoms with van der Waals surface area (Å²) in [4.78, 5) is 25.7. The van der Waals surface area contributed by atoms with Crippen molar-refractivity contribution in [3.63, 3.8) is 0 Å². The highest BCUT2D eigenvalue weighted by Gasteiger charge is 2.06. The predicted molar refractivity (Wildman–Crippen MR) is 107 cm³/mol. The van der Waals surface area contributed by atoms with E-state index in [2.05, 4.69) is 10.3 Å². The molecular weight excluding hydrogens is 378 g/mol. The van der Waals surface area contributed by atoms with E-state index in [-0.39, 0.29) is 12.3 Å². The first kappa shape index (κ1) is 21.9. The number of rotatable bonds is 13. The highest BCUT2D eigenvalue weighted by atomic mass is 16.6. The van der Waals surface area contributed by atoms with Crippen molar-refractivity contribution in [3.05, 3.63) is 52.7 Å². The lowest BCUT2D eigenvalue weighted by Gasteiger charge is -2.08. The average molecular weight is 403 g/mol. The molecule has 1 heterocycles. The van der Waals surface area contributed by atoms with Gasteiger partial charge < -0.3 is 19.5 Å². The van der Waals surface area contributed by atoms with Crippen LogP contribution in [0.15, 0.2) is 42.6 Å². The van der Waals surface area contributed by atoms with E-state index in [0.29, 0.717) is 31.3 Å². The van der Waals surface area contributed by atoms with Gasteiger partial charge in [-0.1, -0.05) is 0 Å². The summed E-state index contributed by atoms with van der Waals surface area (Å²) in [5.74, 6) is 1.51. The molecule has 2 aromatic rings. The first-order valence-electron chi connectivity index (χ1n) is 9.44. The molecule has 0 aliphatic rings. The van der Waals surface area contributed by atoms with Crippen LogP contribution < -0.4 is 14.8 Å². The van der Waals surface area contributed by atoms with Crippen LogP contribution in [0, 0.1) is 10.1 Å². The lowest BCUT2D eigenvalue weighted by molar-refractivity contribution is -0.385. The minimum absolute atomic E-state index is 0.0381. The number of nitrogens with one attached hydrogen (secondary N) is 1. The van der Waals surface area contributed by atoms with Gasteiger partial charge in [0.1, 0.15) is 23.5 Å². The summed E-state index contributed by atoms with van der Waals surface area (Å²) in [6.07, 6.45) is 3.69. The SMILES string of the molecule is CCOc1ccc(OCC(=O)OCCCCCNc2ccc([N+](=O)[O-])cn2)cc1. The van der Waals surface area contributed by atoms with Crippen LogP contribution in [0.5, 0.6) is 11.5 Å². The summed E-state index contributed by atoms with van der Waals surface area (Å²) < 4.78 is 15.9. The Balaban J connectivity index is 1.50. The Labute approximate surface area is 169 Å². The van der Waals surface area contributed by atoms with Gasteiger partial charge in [0.25, 0.3) is 5.69 Å². The molecule has 0 aliphatic heterocycles. The van der Waals surface area contributed by atoms with Crippen molar-refractivity contribution in [3.8, 4) is 11.5 Å². The molecule has 0 radical (unpaired) electrons. The van der Waals surface area contributed by atoms with Crippen LogP contribution in [0.3, 0.4) is 0 Å². The van der Waals surface area contributed by atoms with E-state index in [4.69, 9.17) is 14.2 Å². The van der Waals surface area contributed by atoms with Gasteiger partial charge in [-0.15, -0.1) is 0 Å². The number of pyridine rings is 1. The molecule has 0 fully saturated rings. The van der Waals surface area contributed by atoms with Crippen molar-refractivity contribution in [1.29, 1.82) is 0 Å². The molecule has 9 heteroatoms. The molecule has 0 saturated carbocycles. The summed E-state index contributed by atoms with van der Waals surface area (Å²) in [6, 6.07) is 10.0. The maximum Gasteiger partial charge on any atom is 0.344 e. The van der Waals surface area contributed by atoms with Crippen molar-refractivity contribution in [1.82, 2.24) is 4.98 Å². The topological polar surface area (TPSA) is 113 Å². The molecule has 2 rings (SSSR count). The first-order valence-corrected chi connectivity index (χ1v) is 9.44. The Bertz CT molecular complexity index is 765. The van der Waals surface area contributed by atoms with Crippen molar-refractivity contribution in [2.75, 3.05) is 31.7 Å². The Kier molecular flexibility index (Phi) is 9.20. The van der Waals surface area contributed by atoms with Crippen LogP contribution in [0.25, 0.3) is 0 Å². The summed E-state index contributed by atoms with van der Waals surface area (Å²) in [5.41, 5.74) is -0.0381. The summed E-state index contributed by atoms with van der Waals surface area (Å²) >= 11 is 0. The van der Waals surface area contributed by atoms with E-state index in [1.807, 2.05) is 6.92 Å². The van der Waals surface area contributed by atoms with Crippen LogP contribution in [0.4, 0.5) is 11.5 Å². The molecule has 0 amide bonds. The molecule has 0 aliphatic carbocycles. The van der Waals surface area contributed by atoms with Gasteiger partial charge in [0.15, 0.2) is 6.61 Å². The molecule has 29 heavy (non-hydrogen) atoms. The monoisotopic (exact) mass is 403 g/mol. The maximum absolute atomic E-state index is 11.7. The third-order valence-electron chi connectivity index (χ3n) is 3.84. The first-order chi connectivity index (χ1) is 14.1. The number of unbranched alkanes of at least 4 members (excludes halogenated alkanes) is 2. The Morgan fingerprint density at radius 1 is 1.07 bits per heavy atom. The summed E-state index contributed by atoms with van der Waals surface area (Å²) in [7, 11) is 0. The molecule has 0 spiro atoms. The second kappa shape index (κ2) is 12.2. The highest BCUT2D eigenvalue weighted by molar-refractivity contribution is 5.71. The van der Waals surface area contributed by atoms with Gasteiger partial charge in [-0.05, 0) is 56.5 Å². The van der Waals surface area contributed by atoms with Gasteiger partial charge >= 0.3 is 5.97 Å². The van der Waals surface area contributed by atoms with E-state index in [1.54, 1.807) is 30.3 Å². The third kappa shape index (κ3) is 8.46. The molecule has 1 aromatic carbocycles. The number of benzene rings is 1. The number of nitro groups is 1. The predicted octanol–water partition coefficient (Wildman–Crippen LogP) is 3.59. The Morgan fingerprint density at radius 2 is 1.79 bits per heavy atom. The third-order valence-corrected chi connectivity index (χ3v) is 3.84. The number of anilines is 1. The lowest BCUT2D eigenvalue weighted by Crippen LogP contribution is -2.15. The van der Waals surface area contributed by atoms with E-state index in [1.165, 1.54) is 12.3 Å². The van der Waals surface area contributed by atoms with E-state index in [9.17, 15) is 14.9 Å². The van der Waals surface area contributed by atoms with E-state index >= 15 is 0 Å². The standard InChI is InChI=1S/C20H25N3O6/c1-2-27-17-7-9-18(10-8-17)29-15-20(24)28-13-5-3-4-12-21-19-11-6-16(14-22-19)23(25)26/h6-11,14H,2-5,12-13,15H2,1H3,(H,21,22). The van der Waals surface area contributed by atoms with Crippen molar-refractivity contribution < 1.29 is 23.9 Å². The quantitative estimate of drug-likeness (QED) is 0.234. The zero-order valence-electron chi connectivity index (χ0n) is 16.3. The zero-order chi connectivity index (χ0) is 20.9. The van der Waals surface area contributed by atoms with Crippen molar-refractivity contribution >= 4 is 17.5 Å². The van der Waals surface area contributed by atoms with Crippen LogP contribution in [0.1, 0.15) is 26.2 Å². The van der Waals surface area contributed by atoms with E-state index in [0.717, 1.165) is 25.0 Å². The fourth-order valence-corrected chi connectivity index (χ4v) is 2.39. The lowest BCUT2D eigenvalue weighted by atomic mass is 10.2.